The summed E-state index contributed by atoms with van der Waals surface area (Å²) in [5.74, 6) is -2.75. The number of piperazine rings is 1. The molecule has 0 spiro atoms. The number of halogens is 2. The van der Waals surface area contributed by atoms with Gasteiger partial charge in [0, 0.05) is 26.2 Å². The van der Waals surface area contributed by atoms with Crippen LogP contribution in [-0.2, 0) is 9.59 Å². The molecule has 2 aliphatic rings. The van der Waals surface area contributed by atoms with Crippen LogP contribution in [0.25, 0.3) is 0 Å². The Morgan fingerprint density at radius 3 is 2.26 bits per heavy atom. The predicted octanol–water partition coefficient (Wildman–Crippen LogP) is 4.79. The van der Waals surface area contributed by atoms with Crippen molar-refractivity contribution in [2.24, 2.45) is 11.8 Å². The number of nitrogens with one attached hydrogen (secondary N) is 1. The maximum Gasteiger partial charge on any atom is 0.307 e. The van der Waals surface area contributed by atoms with Gasteiger partial charge in [-0.2, -0.15) is 0 Å². The summed E-state index contributed by atoms with van der Waals surface area (Å²) in [5, 5.41) is 13.3. The van der Waals surface area contributed by atoms with Crippen LogP contribution in [0, 0.1) is 11.8 Å². The summed E-state index contributed by atoms with van der Waals surface area (Å²) in [5.41, 5.74) is 1.65. The van der Waals surface area contributed by atoms with Gasteiger partial charge in [-0.25, -0.2) is 0 Å². The van der Waals surface area contributed by atoms with Crippen LogP contribution in [0.2, 0.25) is 10.0 Å². The first-order valence-corrected chi connectivity index (χ1v) is 12.2. The number of para-hydroxylation sites is 1. The summed E-state index contributed by atoms with van der Waals surface area (Å²) in [6, 6.07) is 12.4. The van der Waals surface area contributed by atoms with Crippen molar-refractivity contribution >= 4 is 52.4 Å². The number of amides is 2. The number of carbonyl (C=O) groups excluding carboxylic acids is 2. The van der Waals surface area contributed by atoms with Gasteiger partial charge in [0.2, 0.25) is 5.91 Å². The fourth-order valence-electron chi connectivity index (χ4n) is 4.80. The number of rotatable bonds is 5. The van der Waals surface area contributed by atoms with Gasteiger partial charge in [0.25, 0.3) is 5.91 Å². The Kier molecular flexibility index (Phi) is 7.63. The molecule has 9 heteroatoms. The second-order valence-electron chi connectivity index (χ2n) is 8.72. The standard InChI is InChI=1S/C25H27Cl2N3O4/c26-19-9-5-11-21(22(19)27)29-12-14-30(15-13-29)24(32)18-8-3-4-10-20(18)28-23(31)16-6-1-2-7-17(16)25(33)34/h3-5,8-11,16-17H,1-2,6-7,12-15H2,(H,28,31)(H,33,34)/t16-,17+/m0/s1. The Bertz CT molecular complexity index is 1090. The topological polar surface area (TPSA) is 90.0 Å². The number of carbonyl (C=O) groups is 3. The van der Waals surface area contributed by atoms with Crippen molar-refractivity contribution in [2.45, 2.75) is 25.7 Å². The first-order valence-electron chi connectivity index (χ1n) is 11.5. The Morgan fingerprint density at radius 2 is 1.56 bits per heavy atom. The minimum absolute atomic E-state index is 0.175. The predicted molar refractivity (Wildman–Crippen MR) is 133 cm³/mol. The second-order valence-corrected chi connectivity index (χ2v) is 9.51. The Morgan fingerprint density at radius 1 is 0.882 bits per heavy atom. The van der Waals surface area contributed by atoms with E-state index in [0.29, 0.717) is 60.3 Å². The number of aliphatic carboxylic acids is 1. The van der Waals surface area contributed by atoms with Gasteiger partial charge in [-0.05, 0) is 37.1 Å². The molecule has 2 N–H and O–H groups in total. The molecule has 0 aromatic heterocycles. The van der Waals surface area contributed by atoms with E-state index in [0.717, 1.165) is 18.5 Å². The van der Waals surface area contributed by atoms with Crippen LogP contribution in [0.4, 0.5) is 11.4 Å². The van der Waals surface area contributed by atoms with E-state index < -0.39 is 17.8 Å². The molecule has 34 heavy (non-hydrogen) atoms. The lowest BCUT2D eigenvalue weighted by molar-refractivity contribution is -0.147. The third-order valence-electron chi connectivity index (χ3n) is 6.67. The second kappa shape index (κ2) is 10.7. The van der Waals surface area contributed by atoms with Crippen molar-refractivity contribution in [3.05, 3.63) is 58.1 Å². The van der Waals surface area contributed by atoms with E-state index in [1.54, 1.807) is 35.2 Å². The molecule has 180 valence electrons. The fraction of sp³-hybridized carbons (Fsp3) is 0.400. The highest BCUT2D eigenvalue weighted by Crippen LogP contribution is 2.34. The van der Waals surface area contributed by atoms with Gasteiger partial charge in [-0.1, -0.05) is 54.2 Å². The van der Waals surface area contributed by atoms with Gasteiger partial charge in [0.05, 0.1) is 38.8 Å². The number of hydrogen-bond donors (Lipinski definition) is 2. The summed E-state index contributed by atoms with van der Waals surface area (Å²) >= 11 is 12.5. The zero-order valence-corrected chi connectivity index (χ0v) is 20.2. The smallest absolute Gasteiger partial charge is 0.307 e. The van der Waals surface area contributed by atoms with Gasteiger partial charge in [-0.15, -0.1) is 0 Å². The van der Waals surface area contributed by atoms with Gasteiger partial charge < -0.3 is 20.2 Å². The zero-order valence-electron chi connectivity index (χ0n) is 18.7. The first kappa shape index (κ1) is 24.4. The summed E-state index contributed by atoms with van der Waals surface area (Å²) in [7, 11) is 0. The number of carboxylic acid groups (broad SMARTS) is 1. The number of carboxylic acids is 1. The number of nitrogens with zero attached hydrogens (tertiary/aromatic N) is 2. The number of anilines is 2. The third-order valence-corrected chi connectivity index (χ3v) is 7.48. The molecule has 1 saturated carbocycles. The molecule has 4 rings (SSSR count). The Labute approximate surface area is 208 Å². The minimum Gasteiger partial charge on any atom is -0.481 e. The van der Waals surface area contributed by atoms with Gasteiger partial charge in [0.1, 0.15) is 0 Å². The molecule has 2 amide bonds. The lowest BCUT2D eigenvalue weighted by atomic mass is 9.78. The van der Waals surface area contributed by atoms with Gasteiger partial charge in [-0.3, -0.25) is 14.4 Å². The van der Waals surface area contributed by atoms with E-state index in [4.69, 9.17) is 23.2 Å². The molecule has 1 heterocycles. The molecule has 7 nitrogen and oxygen atoms in total. The van der Waals surface area contributed by atoms with E-state index in [-0.39, 0.29) is 11.8 Å². The van der Waals surface area contributed by atoms with E-state index in [1.165, 1.54) is 0 Å². The number of hydrogen-bond acceptors (Lipinski definition) is 4. The van der Waals surface area contributed by atoms with E-state index in [9.17, 15) is 19.5 Å². The molecule has 0 radical (unpaired) electrons. The lowest BCUT2D eigenvalue weighted by Gasteiger charge is -2.37. The summed E-state index contributed by atoms with van der Waals surface area (Å²) < 4.78 is 0. The average Bonchev–Trinajstić information content (AvgIpc) is 2.85. The summed E-state index contributed by atoms with van der Waals surface area (Å²) in [6.07, 6.45) is 2.66. The molecule has 2 aromatic rings. The molecule has 0 unspecified atom stereocenters. The normalized spacial score (nSPS) is 20.6. The average molecular weight is 504 g/mol. The molecule has 2 aromatic carbocycles. The summed E-state index contributed by atoms with van der Waals surface area (Å²) in [6.45, 7) is 2.19. The van der Waals surface area contributed by atoms with Crippen LogP contribution in [0.3, 0.4) is 0 Å². The highest BCUT2D eigenvalue weighted by molar-refractivity contribution is 6.43. The van der Waals surface area contributed by atoms with Crippen LogP contribution in [0.5, 0.6) is 0 Å². The van der Waals surface area contributed by atoms with Gasteiger partial charge in [0.15, 0.2) is 0 Å². The largest absolute Gasteiger partial charge is 0.481 e. The Balaban J connectivity index is 1.44. The van der Waals surface area contributed by atoms with Crippen LogP contribution in [0.1, 0.15) is 36.0 Å². The van der Waals surface area contributed by atoms with Crippen molar-refractivity contribution < 1.29 is 19.5 Å². The van der Waals surface area contributed by atoms with Crippen LogP contribution in [-0.4, -0.2) is 54.0 Å². The Hall–Kier alpha value is -2.77. The maximum absolute atomic E-state index is 13.3. The zero-order chi connectivity index (χ0) is 24.2. The van der Waals surface area contributed by atoms with Gasteiger partial charge >= 0.3 is 5.97 Å². The van der Waals surface area contributed by atoms with Crippen molar-refractivity contribution in [3.8, 4) is 0 Å². The molecule has 1 aliphatic heterocycles. The van der Waals surface area contributed by atoms with Crippen molar-refractivity contribution in [1.29, 1.82) is 0 Å². The van der Waals surface area contributed by atoms with E-state index >= 15 is 0 Å². The molecular formula is C25H27Cl2N3O4. The highest BCUT2D eigenvalue weighted by Gasteiger charge is 2.36. The van der Waals surface area contributed by atoms with Crippen molar-refractivity contribution in [3.63, 3.8) is 0 Å². The van der Waals surface area contributed by atoms with Crippen LogP contribution >= 0.6 is 23.2 Å². The third kappa shape index (κ3) is 5.15. The number of benzene rings is 2. The molecule has 1 saturated heterocycles. The minimum atomic E-state index is -0.943. The van der Waals surface area contributed by atoms with Crippen molar-refractivity contribution in [2.75, 3.05) is 36.4 Å². The van der Waals surface area contributed by atoms with E-state index in [2.05, 4.69) is 10.2 Å². The van der Waals surface area contributed by atoms with Crippen LogP contribution in [0.15, 0.2) is 42.5 Å². The first-order chi connectivity index (χ1) is 16.4. The molecule has 0 bridgehead atoms. The fourth-order valence-corrected chi connectivity index (χ4v) is 5.22. The van der Waals surface area contributed by atoms with E-state index in [1.807, 2.05) is 12.1 Å². The van der Waals surface area contributed by atoms with Crippen LogP contribution < -0.4 is 10.2 Å². The monoisotopic (exact) mass is 503 g/mol. The quantitative estimate of drug-likeness (QED) is 0.612. The maximum atomic E-state index is 13.3. The molecule has 2 fully saturated rings. The summed E-state index contributed by atoms with van der Waals surface area (Å²) in [4.78, 5) is 41.8. The molecule has 2 atom stereocenters. The van der Waals surface area contributed by atoms with Crippen molar-refractivity contribution in [1.82, 2.24) is 4.90 Å². The molecular weight excluding hydrogens is 477 g/mol. The lowest BCUT2D eigenvalue weighted by Crippen LogP contribution is -2.49. The highest BCUT2D eigenvalue weighted by atomic mass is 35.5. The SMILES string of the molecule is O=C(Nc1ccccc1C(=O)N1CCN(c2cccc(Cl)c2Cl)CC1)[C@H]1CCCC[C@H]1C(=O)O. The molecule has 1 aliphatic carbocycles.